The summed E-state index contributed by atoms with van der Waals surface area (Å²) in [5, 5.41) is 15.6. The maximum atomic E-state index is 11.0. The van der Waals surface area contributed by atoms with Crippen LogP contribution in [0.15, 0.2) is 0 Å². The lowest BCUT2D eigenvalue weighted by Gasteiger charge is -2.15. The van der Waals surface area contributed by atoms with Crippen molar-refractivity contribution in [3.63, 3.8) is 0 Å². The first-order chi connectivity index (χ1) is 9.22. The summed E-state index contributed by atoms with van der Waals surface area (Å²) < 4.78 is 10.7. The van der Waals surface area contributed by atoms with E-state index in [1.165, 1.54) is 0 Å². The third-order valence-corrected chi connectivity index (χ3v) is 2.94. The second-order valence-electron chi connectivity index (χ2n) is 4.81. The smallest absolute Gasteiger partial charge is 0.221 e. The summed E-state index contributed by atoms with van der Waals surface area (Å²) in [4.78, 5) is 11.0. The average molecular weight is 274 g/mol. The summed E-state index contributed by atoms with van der Waals surface area (Å²) in [6, 6.07) is 0.125. The lowest BCUT2D eigenvalue weighted by Crippen LogP contribution is -2.38. The van der Waals surface area contributed by atoms with Gasteiger partial charge in [0.1, 0.15) is 0 Å². The minimum absolute atomic E-state index is 0.0625. The van der Waals surface area contributed by atoms with E-state index < -0.39 is 6.10 Å². The van der Waals surface area contributed by atoms with E-state index in [-0.39, 0.29) is 18.6 Å². The van der Waals surface area contributed by atoms with Crippen LogP contribution in [0.2, 0.25) is 0 Å². The van der Waals surface area contributed by atoms with Crippen molar-refractivity contribution in [1.82, 2.24) is 10.6 Å². The first-order valence-corrected chi connectivity index (χ1v) is 7.06. The van der Waals surface area contributed by atoms with Crippen LogP contribution in [-0.4, -0.2) is 62.7 Å². The largest absolute Gasteiger partial charge is 0.389 e. The number of carbonyl (C=O) groups excluding carboxylic acids is 1. The van der Waals surface area contributed by atoms with Gasteiger partial charge >= 0.3 is 0 Å². The van der Waals surface area contributed by atoms with Gasteiger partial charge in [0.15, 0.2) is 0 Å². The molecule has 0 spiro atoms. The second kappa shape index (κ2) is 10.1. The highest BCUT2D eigenvalue weighted by Gasteiger charge is 2.21. The summed E-state index contributed by atoms with van der Waals surface area (Å²) in [5.41, 5.74) is 0. The Labute approximate surface area is 114 Å². The molecule has 0 saturated carbocycles. The fraction of sp³-hybridized carbons (Fsp3) is 0.923. The topological polar surface area (TPSA) is 79.8 Å². The molecule has 0 radical (unpaired) electrons. The normalized spacial score (nSPS) is 20.5. The Morgan fingerprint density at radius 2 is 2.21 bits per heavy atom. The molecule has 112 valence electrons. The molecule has 0 aliphatic carbocycles. The predicted octanol–water partition coefficient (Wildman–Crippen LogP) is -0.341. The van der Waals surface area contributed by atoms with E-state index in [0.29, 0.717) is 32.7 Å². The molecule has 0 aromatic carbocycles. The van der Waals surface area contributed by atoms with Crippen LogP contribution in [0.4, 0.5) is 0 Å². The van der Waals surface area contributed by atoms with Gasteiger partial charge in [-0.05, 0) is 6.42 Å². The number of hydrogen-bond acceptors (Lipinski definition) is 5. The molecule has 0 aromatic heterocycles. The number of aliphatic hydroxyl groups is 1. The molecule has 1 heterocycles. The van der Waals surface area contributed by atoms with Gasteiger partial charge in [0.25, 0.3) is 0 Å². The summed E-state index contributed by atoms with van der Waals surface area (Å²) in [6.45, 7) is 5.33. The van der Waals surface area contributed by atoms with Crippen LogP contribution >= 0.6 is 0 Å². The van der Waals surface area contributed by atoms with Gasteiger partial charge in [-0.3, -0.25) is 4.79 Å². The predicted molar refractivity (Wildman–Crippen MR) is 72.0 cm³/mol. The number of unbranched alkanes of at least 4 members (excludes halogenated alkanes) is 1. The van der Waals surface area contributed by atoms with E-state index >= 15 is 0 Å². The van der Waals surface area contributed by atoms with Crippen LogP contribution in [0, 0.1) is 0 Å². The van der Waals surface area contributed by atoms with Crippen molar-refractivity contribution in [3.8, 4) is 0 Å². The number of nitrogens with one attached hydrogen (secondary N) is 2. The van der Waals surface area contributed by atoms with Crippen molar-refractivity contribution in [2.45, 2.75) is 38.3 Å². The van der Waals surface area contributed by atoms with Crippen molar-refractivity contribution in [2.75, 3.05) is 39.5 Å². The lowest BCUT2D eigenvalue weighted by molar-refractivity contribution is -0.119. The minimum Gasteiger partial charge on any atom is -0.389 e. The molecule has 0 bridgehead atoms. The van der Waals surface area contributed by atoms with Gasteiger partial charge in [0.2, 0.25) is 5.91 Å². The van der Waals surface area contributed by atoms with Crippen molar-refractivity contribution in [2.24, 2.45) is 0 Å². The summed E-state index contributed by atoms with van der Waals surface area (Å²) in [5.74, 6) is 0.0625. The van der Waals surface area contributed by atoms with Gasteiger partial charge in [-0.2, -0.15) is 0 Å². The quantitative estimate of drug-likeness (QED) is 0.449. The zero-order valence-electron chi connectivity index (χ0n) is 11.7. The Bertz CT molecular complexity index is 251. The van der Waals surface area contributed by atoms with Gasteiger partial charge in [0.05, 0.1) is 25.9 Å². The Hall–Kier alpha value is -0.690. The standard InChI is InChI=1S/C13H26N2O4/c1-2-3-4-18-5-6-19-10-12(16)9-14-11-7-13(17)15-8-11/h11-12,14,16H,2-10H2,1H3,(H,15,17). The lowest BCUT2D eigenvalue weighted by atomic mass is 10.2. The maximum Gasteiger partial charge on any atom is 0.221 e. The Balaban J connectivity index is 1.87. The van der Waals surface area contributed by atoms with Crippen LogP contribution in [-0.2, 0) is 14.3 Å². The van der Waals surface area contributed by atoms with E-state index in [1.807, 2.05) is 0 Å². The van der Waals surface area contributed by atoms with Crippen LogP contribution in [0.3, 0.4) is 0 Å². The molecule has 6 heteroatoms. The Kier molecular flexibility index (Phi) is 8.73. The van der Waals surface area contributed by atoms with E-state index in [9.17, 15) is 9.90 Å². The first kappa shape index (κ1) is 16.4. The molecule has 1 aliphatic rings. The third-order valence-electron chi connectivity index (χ3n) is 2.94. The molecule has 2 atom stereocenters. The van der Waals surface area contributed by atoms with Gasteiger partial charge in [-0.15, -0.1) is 0 Å². The molecule has 6 nitrogen and oxygen atoms in total. The molecule has 1 amide bonds. The number of carbonyl (C=O) groups is 1. The van der Waals surface area contributed by atoms with Crippen LogP contribution in [0.25, 0.3) is 0 Å². The Morgan fingerprint density at radius 1 is 1.42 bits per heavy atom. The van der Waals surface area contributed by atoms with Crippen molar-refractivity contribution in [3.05, 3.63) is 0 Å². The molecule has 1 aliphatic heterocycles. The summed E-state index contributed by atoms with van der Waals surface area (Å²) in [7, 11) is 0. The number of aliphatic hydroxyl groups excluding tert-OH is 1. The van der Waals surface area contributed by atoms with E-state index in [2.05, 4.69) is 17.6 Å². The second-order valence-corrected chi connectivity index (χ2v) is 4.81. The molecule has 0 aromatic rings. The molecule has 2 unspecified atom stereocenters. The van der Waals surface area contributed by atoms with E-state index in [1.54, 1.807) is 0 Å². The van der Waals surface area contributed by atoms with Gasteiger partial charge in [0, 0.05) is 32.2 Å². The third kappa shape index (κ3) is 8.15. The molecule has 1 rings (SSSR count). The zero-order valence-corrected chi connectivity index (χ0v) is 11.7. The molecule has 3 N–H and O–H groups in total. The summed E-state index contributed by atoms with van der Waals surface area (Å²) in [6.07, 6.45) is 2.13. The number of amides is 1. The fourth-order valence-electron chi connectivity index (χ4n) is 1.80. The first-order valence-electron chi connectivity index (χ1n) is 7.06. The minimum atomic E-state index is -0.550. The molecule has 1 saturated heterocycles. The molecular weight excluding hydrogens is 248 g/mol. The van der Waals surface area contributed by atoms with Crippen molar-refractivity contribution >= 4 is 5.91 Å². The molecule has 19 heavy (non-hydrogen) atoms. The zero-order chi connectivity index (χ0) is 13.9. The monoisotopic (exact) mass is 274 g/mol. The highest BCUT2D eigenvalue weighted by Crippen LogP contribution is 1.99. The summed E-state index contributed by atoms with van der Waals surface area (Å²) >= 11 is 0. The van der Waals surface area contributed by atoms with Crippen LogP contribution in [0.5, 0.6) is 0 Å². The van der Waals surface area contributed by atoms with E-state index in [0.717, 1.165) is 19.4 Å². The van der Waals surface area contributed by atoms with Crippen molar-refractivity contribution in [1.29, 1.82) is 0 Å². The van der Waals surface area contributed by atoms with Gasteiger partial charge in [-0.25, -0.2) is 0 Å². The van der Waals surface area contributed by atoms with Gasteiger partial charge in [-0.1, -0.05) is 13.3 Å². The van der Waals surface area contributed by atoms with Gasteiger partial charge < -0.3 is 25.2 Å². The highest BCUT2D eigenvalue weighted by molar-refractivity contribution is 5.78. The highest BCUT2D eigenvalue weighted by atomic mass is 16.5. The van der Waals surface area contributed by atoms with Crippen LogP contribution in [0.1, 0.15) is 26.2 Å². The van der Waals surface area contributed by atoms with E-state index in [4.69, 9.17) is 9.47 Å². The SMILES string of the molecule is CCCCOCCOCC(O)CNC1CNC(=O)C1. The average Bonchev–Trinajstić information content (AvgIpc) is 2.81. The van der Waals surface area contributed by atoms with Crippen molar-refractivity contribution < 1.29 is 19.4 Å². The number of hydrogen-bond donors (Lipinski definition) is 3. The Morgan fingerprint density at radius 3 is 2.89 bits per heavy atom. The number of rotatable bonds is 11. The molecule has 1 fully saturated rings. The number of ether oxygens (including phenoxy) is 2. The fourth-order valence-corrected chi connectivity index (χ4v) is 1.80. The maximum absolute atomic E-state index is 11.0. The van der Waals surface area contributed by atoms with Crippen LogP contribution < -0.4 is 10.6 Å². The molecular formula is C13H26N2O4.